The van der Waals surface area contributed by atoms with Crippen LogP contribution in [0, 0.1) is 6.92 Å². The first-order valence-electron chi connectivity index (χ1n) is 5.59. The van der Waals surface area contributed by atoms with Crippen molar-refractivity contribution in [2.24, 2.45) is 0 Å². The van der Waals surface area contributed by atoms with E-state index in [9.17, 15) is 0 Å². The van der Waals surface area contributed by atoms with Crippen LogP contribution in [0.15, 0.2) is 27.1 Å². The number of aromatic nitrogens is 2. The van der Waals surface area contributed by atoms with Gasteiger partial charge >= 0.3 is 0 Å². The van der Waals surface area contributed by atoms with Crippen LogP contribution < -0.4 is 4.90 Å². The van der Waals surface area contributed by atoms with Gasteiger partial charge in [0.05, 0.1) is 5.69 Å². The lowest BCUT2D eigenvalue weighted by Gasteiger charge is -2.34. The van der Waals surface area contributed by atoms with E-state index in [1.54, 1.807) is 6.92 Å². The van der Waals surface area contributed by atoms with Crippen molar-refractivity contribution in [1.29, 1.82) is 0 Å². The van der Waals surface area contributed by atoms with Crippen molar-refractivity contribution in [2.45, 2.75) is 13.3 Å². The third-order valence-corrected chi connectivity index (χ3v) is 3.59. The Hall–Kier alpha value is -1.36. The third-order valence-electron chi connectivity index (χ3n) is 2.92. The van der Waals surface area contributed by atoms with Crippen molar-refractivity contribution >= 4 is 21.6 Å². The van der Waals surface area contributed by atoms with Gasteiger partial charge in [-0.2, -0.15) is 0 Å². The van der Waals surface area contributed by atoms with Gasteiger partial charge in [0.2, 0.25) is 11.8 Å². The molecule has 0 radical (unpaired) electrons. The van der Waals surface area contributed by atoms with E-state index in [0.29, 0.717) is 11.8 Å². The van der Waals surface area contributed by atoms with Gasteiger partial charge in [-0.1, -0.05) is 0 Å². The maximum atomic E-state index is 5.44. The highest BCUT2D eigenvalue weighted by Crippen LogP contribution is 2.33. The number of rotatable bonds is 2. The highest BCUT2D eigenvalue weighted by atomic mass is 79.9. The molecular formula is C12H12BrN3O. The zero-order valence-corrected chi connectivity index (χ0v) is 11.1. The summed E-state index contributed by atoms with van der Waals surface area (Å²) in [5, 5.41) is 7.89. The fraction of sp³-hybridized carbons (Fsp3) is 0.333. The predicted octanol–water partition coefficient (Wildman–Crippen LogP) is 3.02. The molecule has 3 rings (SSSR count). The van der Waals surface area contributed by atoms with E-state index < -0.39 is 0 Å². The Labute approximate surface area is 108 Å². The molecule has 88 valence electrons. The Morgan fingerprint density at radius 1 is 1.29 bits per heavy atom. The van der Waals surface area contributed by atoms with Crippen molar-refractivity contribution in [3.8, 4) is 11.5 Å². The fourth-order valence-corrected chi connectivity index (χ4v) is 2.36. The minimum Gasteiger partial charge on any atom is -0.421 e. The molecule has 1 aromatic heterocycles. The Bertz CT molecular complexity index is 548. The Kier molecular flexibility index (Phi) is 2.63. The van der Waals surface area contributed by atoms with Crippen LogP contribution in [-0.4, -0.2) is 23.3 Å². The summed E-state index contributed by atoms with van der Waals surface area (Å²) in [4.78, 5) is 2.33. The topological polar surface area (TPSA) is 42.2 Å². The molecule has 5 heteroatoms. The standard InChI is InChI=1S/C12H12BrN3O/c1-8-14-15-12(17-8)9-3-4-10(13)11(7-9)16-5-2-6-16/h3-4,7H,2,5-6H2,1H3. The summed E-state index contributed by atoms with van der Waals surface area (Å²) in [7, 11) is 0. The van der Waals surface area contributed by atoms with Gasteiger partial charge in [-0.15, -0.1) is 10.2 Å². The number of halogens is 1. The average Bonchev–Trinajstić information content (AvgIpc) is 2.65. The number of anilines is 1. The monoisotopic (exact) mass is 293 g/mol. The highest BCUT2D eigenvalue weighted by molar-refractivity contribution is 9.10. The second-order valence-electron chi connectivity index (χ2n) is 4.13. The van der Waals surface area contributed by atoms with E-state index >= 15 is 0 Å². The zero-order valence-electron chi connectivity index (χ0n) is 9.48. The molecule has 0 saturated carbocycles. The lowest BCUT2D eigenvalue weighted by molar-refractivity contribution is 0.532. The number of benzene rings is 1. The van der Waals surface area contributed by atoms with Crippen molar-refractivity contribution in [3.63, 3.8) is 0 Å². The molecule has 0 atom stereocenters. The van der Waals surface area contributed by atoms with Crippen LogP contribution in [0.3, 0.4) is 0 Å². The molecule has 0 amide bonds. The molecule has 0 bridgehead atoms. The summed E-state index contributed by atoms with van der Waals surface area (Å²) in [6.07, 6.45) is 1.26. The van der Waals surface area contributed by atoms with Crippen molar-refractivity contribution in [2.75, 3.05) is 18.0 Å². The summed E-state index contributed by atoms with van der Waals surface area (Å²) in [6.45, 7) is 4.03. The lowest BCUT2D eigenvalue weighted by Crippen LogP contribution is -2.37. The first kappa shape index (κ1) is 10.8. The molecule has 0 unspecified atom stereocenters. The molecule has 1 saturated heterocycles. The molecule has 0 spiro atoms. The summed E-state index contributed by atoms with van der Waals surface area (Å²) in [5.41, 5.74) is 2.17. The lowest BCUT2D eigenvalue weighted by atomic mass is 10.1. The zero-order chi connectivity index (χ0) is 11.8. The molecule has 2 aromatic rings. The highest BCUT2D eigenvalue weighted by Gasteiger charge is 2.18. The summed E-state index contributed by atoms with van der Waals surface area (Å²) < 4.78 is 6.55. The molecule has 1 fully saturated rings. The predicted molar refractivity (Wildman–Crippen MR) is 69.0 cm³/mol. The minimum absolute atomic E-state index is 0.580. The quantitative estimate of drug-likeness (QED) is 0.854. The van der Waals surface area contributed by atoms with Gasteiger partial charge in [0.15, 0.2) is 0 Å². The number of nitrogens with zero attached hydrogens (tertiary/aromatic N) is 3. The first-order chi connectivity index (χ1) is 8.24. The maximum Gasteiger partial charge on any atom is 0.247 e. The minimum atomic E-state index is 0.580. The van der Waals surface area contributed by atoms with Crippen molar-refractivity contribution < 1.29 is 4.42 Å². The third kappa shape index (κ3) is 1.95. The van der Waals surface area contributed by atoms with Crippen LogP contribution in [0.1, 0.15) is 12.3 Å². The van der Waals surface area contributed by atoms with E-state index in [2.05, 4.69) is 37.1 Å². The van der Waals surface area contributed by atoms with E-state index in [1.807, 2.05) is 12.1 Å². The van der Waals surface area contributed by atoms with E-state index in [-0.39, 0.29) is 0 Å². The molecule has 1 aromatic carbocycles. The van der Waals surface area contributed by atoms with Gasteiger partial charge in [-0.3, -0.25) is 0 Å². The van der Waals surface area contributed by atoms with Crippen LogP contribution in [0.25, 0.3) is 11.5 Å². The second kappa shape index (κ2) is 4.14. The molecule has 4 nitrogen and oxygen atoms in total. The van der Waals surface area contributed by atoms with Crippen molar-refractivity contribution in [1.82, 2.24) is 10.2 Å². The summed E-state index contributed by atoms with van der Waals surface area (Å²) in [5.74, 6) is 1.17. The van der Waals surface area contributed by atoms with Crippen molar-refractivity contribution in [3.05, 3.63) is 28.6 Å². The average molecular weight is 294 g/mol. The van der Waals surface area contributed by atoms with E-state index in [1.165, 1.54) is 12.1 Å². The Morgan fingerprint density at radius 3 is 2.71 bits per heavy atom. The maximum absolute atomic E-state index is 5.44. The molecule has 2 heterocycles. The summed E-state index contributed by atoms with van der Waals surface area (Å²) in [6, 6.07) is 6.11. The first-order valence-corrected chi connectivity index (χ1v) is 6.38. The largest absolute Gasteiger partial charge is 0.421 e. The van der Waals surface area contributed by atoms with Crippen LogP contribution in [0.4, 0.5) is 5.69 Å². The molecule has 1 aliphatic rings. The fourth-order valence-electron chi connectivity index (χ4n) is 1.86. The van der Waals surface area contributed by atoms with Gasteiger partial charge < -0.3 is 9.32 Å². The Morgan fingerprint density at radius 2 is 2.12 bits per heavy atom. The van der Waals surface area contributed by atoms with E-state index in [0.717, 1.165) is 23.1 Å². The van der Waals surface area contributed by atoms with Gasteiger partial charge in [-0.25, -0.2) is 0 Å². The molecular weight excluding hydrogens is 282 g/mol. The van der Waals surface area contributed by atoms with Crippen LogP contribution in [0.2, 0.25) is 0 Å². The van der Waals surface area contributed by atoms with Crippen LogP contribution in [-0.2, 0) is 0 Å². The van der Waals surface area contributed by atoms with E-state index in [4.69, 9.17) is 4.42 Å². The van der Waals surface area contributed by atoms with Crippen LogP contribution in [0.5, 0.6) is 0 Å². The number of hydrogen-bond donors (Lipinski definition) is 0. The van der Waals surface area contributed by atoms with Gasteiger partial charge in [0.1, 0.15) is 0 Å². The smallest absolute Gasteiger partial charge is 0.247 e. The molecule has 0 aliphatic carbocycles. The number of hydrogen-bond acceptors (Lipinski definition) is 4. The number of aryl methyl sites for hydroxylation is 1. The van der Waals surface area contributed by atoms with Gasteiger partial charge in [0.25, 0.3) is 0 Å². The molecule has 1 aliphatic heterocycles. The molecule has 0 N–H and O–H groups in total. The summed E-state index contributed by atoms with van der Waals surface area (Å²) >= 11 is 3.58. The normalized spacial score (nSPS) is 14.8. The Balaban J connectivity index is 2.00. The second-order valence-corrected chi connectivity index (χ2v) is 4.99. The molecule has 17 heavy (non-hydrogen) atoms. The van der Waals surface area contributed by atoms with Crippen LogP contribution >= 0.6 is 15.9 Å². The van der Waals surface area contributed by atoms with Gasteiger partial charge in [0, 0.05) is 30.0 Å². The SMILES string of the molecule is Cc1nnc(-c2ccc(Br)c(N3CCC3)c2)o1. The van der Waals surface area contributed by atoms with Gasteiger partial charge in [-0.05, 0) is 40.5 Å².